The summed E-state index contributed by atoms with van der Waals surface area (Å²) < 4.78 is 34.6. The number of aromatic amines is 1. The minimum absolute atomic E-state index is 0.0189. The van der Waals surface area contributed by atoms with Crippen LogP contribution in [0.4, 0.5) is 5.69 Å². The summed E-state index contributed by atoms with van der Waals surface area (Å²) in [6, 6.07) is 13.0. The summed E-state index contributed by atoms with van der Waals surface area (Å²) in [7, 11) is -2.49. The summed E-state index contributed by atoms with van der Waals surface area (Å²) in [5, 5.41) is 0. The third-order valence-electron chi connectivity index (χ3n) is 3.71. The number of H-pyrrole nitrogens is 1. The molecule has 2 aromatic carbocycles. The zero-order valence-corrected chi connectivity index (χ0v) is 14.5. The van der Waals surface area contributed by atoms with Gasteiger partial charge in [0, 0.05) is 11.9 Å². The molecular formula is C17H17N3O4S. The number of imidazole rings is 1. The van der Waals surface area contributed by atoms with Crippen LogP contribution in [0.5, 0.6) is 5.75 Å². The lowest BCUT2D eigenvalue weighted by atomic mass is 10.2. The van der Waals surface area contributed by atoms with Crippen LogP contribution in [0.25, 0.3) is 5.69 Å². The van der Waals surface area contributed by atoms with Crippen molar-refractivity contribution in [3.8, 4) is 11.4 Å². The molecule has 8 heteroatoms. The number of rotatable bonds is 5. The van der Waals surface area contributed by atoms with Crippen LogP contribution >= 0.6 is 0 Å². The van der Waals surface area contributed by atoms with E-state index in [1.165, 1.54) is 17.7 Å². The highest BCUT2D eigenvalue weighted by molar-refractivity contribution is 7.92. The Bertz CT molecular complexity index is 1070. The second-order valence-corrected chi connectivity index (χ2v) is 6.99. The van der Waals surface area contributed by atoms with E-state index in [4.69, 9.17) is 4.74 Å². The molecule has 0 radical (unpaired) electrons. The Balaban J connectivity index is 2.09. The van der Waals surface area contributed by atoms with Gasteiger partial charge in [-0.15, -0.1) is 0 Å². The molecule has 7 nitrogen and oxygen atoms in total. The van der Waals surface area contributed by atoms with Gasteiger partial charge in [-0.1, -0.05) is 24.3 Å². The molecule has 130 valence electrons. The number of sulfonamides is 1. The summed E-state index contributed by atoms with van der Waals surface area (Å²) in [6.07, 6.45) is 1.56. The van der Waals surface area contributed by atoms with Crippen LogP contribution in [-0.4, -0.2) is 25.1 Å². The molecule has 25 heavy (non-hydrogen) atoms. The number of aromatic nitrogens is 2. The average Bonchev–Trinajstić information content (AvgIpc) is 2.94. The average molecular weight is 359 g/mol. The number of hydrogen-bond acceptors (Lipinski definition) is 4. The van der Waals surface area contributed by atoms with E-state index in [-0.39, 0.29) is 16.3 Å². The van der Waals surface area contributed by atoms with Gasteiger partial charge in [-0.25, -0.2) is 13.2 Å². The fourth-order valence-corrected chi connectivity index (χ4v) is 3.80. The molecule has 0 unspecified atom stereocenters. The van der Waals surface area contributed by atoms with Crippen LogP contribution in [0.15, 0.2) is 64.4 Å². The zero-order chi connectivity index (χ0) is 18.0. The summed E-state index contributed by atoms with van der Waals surface area (Å²) in [5.41, 5.74) is 1.04. The fourth-order valence-electron chi connectivity index (χ4n) is 2.55. The maximum atomic E-state index is 12.8. The van der Waals surface area contributed by atoms with Gasteiger partial charge in [-0.05, 0) is 31.2 Å². The van der Waals surface area contributed by atoms with Gasteiger partial charge in [-0.3, -0.25) is 9.29 Å². The Morgan fingerprint density at radius 1 is 1.08 bits per heavy atom. The van der Waals surface area contributed by atoms with E-state index in [1.54, 1.807) is 55.6 Å². The molecule has 1 aromatic heterocycles. The standard InChI is InChI=1S/C17H17N3O4S/c1-12-11-18-17(21)20(12)14-8-4-3-7-13(14)19-25(22,23)16-10-6-5-9-15(16)24-2/h3-11,19H,1-2H3,(H,18,21). The number of anilines is 1. The highest BCUT2D eigenvalue weighted by Crippen LogP contribution is 2.27. The van der Waals surface area contributed by atoms with Gasteiger partial charge < -0.3 is 9.72 Å². The Morgan fingerprint density at radius 2 is 1.76 bits per heavy atom. The number of benzene rings is 2. The first-order valence-corrected chi connectivity index (χ1v) is 8.94. The van der Waals surface area contributed by atoms with E-state index in [2.05, 4.69) is 9.71 Å². The van der Waals surface area contributed by atoms with Crippen molar-refractivity contribution in [3.63, 3.8) is 0 Å². The molecule has 0 spiro atoms. The maximum absolute atomic E-state index is 12.8. The van der Waals surface area contributed by atoms with Gasteiger partial charge in [0.15, 0.2) is 0 Å². The van der Waals surface area contributed by atoms with E-state index >= 15 is 0 Å². The zero-order valence-electron chi connectivity index (χ0n) is 13.7. The van der Waals surface area contributed by atoms with E-state index in [1.807, 2.05) is 0 Å². The van der Waals surface area contributed by atoms with Crippen molar-refractivity contribution in [1.29, 1.82) is 0 Å². The molecule has 0 atom stereocenters. The molecule has 1 heterocycles. The lowest BCUT2D eigenvalue weighted by Crippen LogP contribution is -2.20. The van der Waals surface area contributed by atoms with Crippen molar-refractivity contribution in [1.82, 2.24) is 9.55 Å². The Labute approximate surface area is 144 Å². The van der Waals surface area contributed by atoms with Crippen LogP contribution in [0.3, 0.4) is 0 Å². The topological polar surface area (TPSA) is 93.2 Å². The summed E-state index contributed by atoms with van der Waals surface area (Å²) >= 11 is 0. The minimum Gasteiger partial charge on any atom is -0.495 e. The summed E-state index contributed by atoms with van der Waals surface area (Å²) in [5.74, 6) is 0.238. The number of para-hydroxylation sites is 3. The van der Waals surface area contributed by atoms with Gasteiger partial charge in [0.2, 0.25) is 0 Å². The third-order valence-corrected chi connectivity index (χ3v) is 5.11. The van der Waals surface area contributed by atoms with Gasteiger partial charge in [0.25, 0.3) is 10.0 Å². The predicted molar refractivity (Wildman–Crippen MR) is 94.9 cm³/mol. The summed E-state index contributed by atoms with van der Waals surface area (Å²) in [4.78, 5) is 14.6. The minimum atomic E-state index is -3.90. The number of aryl methyl sites for hydroxylation is 1. The highest BCUT2D eigenvalue weighted by atomic mass is 32.2. The van der Waals surface area contributed by atoms with Gasteiger partial charge in [-0.2, -0.15) is 0 Å². The quantitative estimate of drug-likeness (QED) is 0.731. The Morgan fingerprint density at radius 3 is 2.44 bits per heavy atom. The normalized spacial score (nSPS) is 11.3. The van der Waals surface area contributed by atoms with Crippen molar-refractivity contribution in [2.24, 2.45) is 0 Å². The van der Waals surface area contributed by atoms with E-state index in [9.17, 15) is 13.2 Å². The van der Waals surface area contributed by atoms with E-state index in [0.717, 1.165) is 0 Å². The molecular weight excluding hydrogens is 342 g/mol. The molecule has 3 aromatic rings. The van der Waals surface area contributed by atoms with Crippen molar-refractivity contribution < 1.29 is 13.2 Å². The van der Waals surface area contributed by atoms with Crippen molar-refractivity contribution in [3.05, 3.63) is 70.9 Å². The number of nitrogens with zero attached hydrogens (tertiary/aromatic N) is 1. The van der Waals surface area contributed by atoms with Crippen LogP contribution in [0, 0.1) is 6.92 Å². The molecule has 0 aliphatic rings. The van der Waals surface area contributed by atoms with Crippen LogP contribution in [-0.2, 0) is 10.0 Å². The van der Waals surface area contributed by atoms with E-state index < -0.39 is 10.0 Å². The molecule has 3 rings (SSSR count). The first-order chi connectivity index (χ1) is 11.9. The monoisotopic (exact) mass is 359 g/mol. The van der Waals surface area contributed by atoms with Gasteiger partial charge in [0.1, 0.15) is 10.6 Å². The number of hydrogen-bond donors (Lipinski definition) is 2. The molecule has 0 fully saturated rings. The van der Waals surface area contributed by atoms with Gasteiger partial charge in [0.05, 0.1) is 18.5 Å². The lowest BCUT2D eigenvalue weighted by molar-refractivity contribution is 0.403. The smallest absolute Gasteiger partial charge is 0.330 e. The third kappa shape index (κ3) is 3.16. The second-order valence-electron chi connectivity index (χ2n) is 5.34. The number of methoxy groups -OCH3 is 1. The molecule has 0 amide bonds. The van der Waals surface area contributed by atoms with E-state index in [0.29, 0.717) is 17.1 Å². The van der Waals surface area contributed by atoms with Crippen molar-refractivity contribution in [2.45, 2.75) is 11.8 Å². The predicted octanol–water partition coefficient (Wildman–Crippen LogP) is 2.28. The molecule has 0 saturated heterocycles. The lowest BCUT2D eigenvalue weighted by Gasteiger charge is -2.15. The largest absolute Gasteiger partial charge is 0.495 e. The molecule has 0 aliphatic heterocycles. The number of ether oxygens (including phenoxy) is 1. The highest BCUT2D eigenvalue weighted by Gasteiger charge is 2.21. The first kappa shape index (κ1) is 16.8. The molecule has 0 aliphatic carbocycles. The van der Waals surface area contributed by atoms with Crippen LogP contribution in [0.1, 0.15) is 5.69 Å². The SMILES string of the molecule is COc1ccccc1S(=O)(=O)Nc1ccccc1-n1c(C)c[nH]c1=O. The maximum Gasteiger partial charge on any atom is 0.330 e. The first-order valence-electron chi connectivity index (χ1n) is 7.46. The fraction of sp³-hybridized carbons (Fsp3) is 0.118. The molecule has 2 N–H and O–H groups in total. The van der Waals surface area contributed by atoms with Crippen molar-refractivity contribution in [2.75, 3.05) is 11.8 Å². The van der Waals surface area contributed by atoms with Crippen LogP contribution < -0.4 is 15.1 Å². The summed E-state index contributed by atoms with van der Waals surface area (Å²) in [6.45, 7) is 1.75. The molecule has 0 saturated carbocycles. The van der Waals surface area contributed by atoms with Crippen LogP contribution in [0.2, 0.25) is 0 Å². The Kier molecular flexibility index (Phi) is 4.37. The number of nitrogens with one attached hydrogen (secondary N) is 2. The second kappa shape index (κ2) is 6.48. The Hall–Kier alpha value is -3.00. The van der Waals surface area contributed by atoms with Gasteiger partial charge >= 0.3 is 5.69 Å². The molecule has 0 bridgehead atoms. The van der Waals surface area contributed by atoms with Crippen molar-refractivity contribution >= 4 is 15.7 Å².